The van der Waals surface area contributed by atoms with Crippen molar-refractivity contribution in [3.8, 4) is 0 Å². The van der Waals surface area contributed by atoms with E-state index in [-0.39, 0.29) is 6.09 Å². The molecule has 0 radical (unpaired) electrons. The molecule has 4 nitrogen and oxygen atoms in total. The van der Waals surface area contributed by atoms with Gasteiger partial charge in [0.2, 0.25) is 0 Å². The van der Waals surface area contributed by atoms with Crippen molar-refractivity contribution in [2.45, 2.75) is 44.9 Å². The van der Waals surface area contributed by atoms with Gasteiger partial charge in [-0.3, -0.25) is 0 Å². The Balaban J connectivity index is 1.53. The van der Waals surface area contributed by atoms with Crippen molar-refractivity contribution >= 4 is 11.8 Å². The number of anilines is 1. The second kappa shape index (κ2) is 6.02. The smallest absolute Gasteiger partial charge is 0.410 e. The highest BCUT2D eigenvalue weighted by molar-refractivity contribution is 5.69. The zero-order chi connectivity index (χ0) is 16.6. The highest BCUT2D eigenvalue weighted by atomic mass is 19.1. The van der Waals surface area contributed by atoms with Gasteiger partial charge in [0.15, 0.2) is 0 Å². The van der Waals surface area contributed by atoms with Gasteiger partial charge in [0.25, 0.3) is 0 Å². The lowest BCUT2D eigenvalue weighted by atomic mass is 9.92. The number of likely N-dealkylation sites (tertiary alicyclic amines) is 1. The zero-order valence-electron chi connectivity index (χ0n) is 14.1. The number of nitrogens with zero attached hydrogens (tertiary/aromatic N) is 2. The number of benzene rings is 1. The molecule has 0 saturated carbocycles. The van der Waals surface area contributed by atoms with Gasteiger partial charge in [0.05, 0.1) is 0 Å². The first-order chi connectivity index (χ1) is 10.8. The van der Waals surface area contributed by atoms with E-state index >= 15 is 0 Å². The Labute approximate surface area is 137 Å². The zero-order valence-corrected chi connectivity index (χ0v) is 14.1. The summed E-state index contributed by atoms with van der Waals surface area (Å²) in [6, 6.07) is 8.31. The van der Waals surface area contributed by atoms with Crippen molar-refractivity contribution in [2.75, 3.05) is 31.1 Å². The van der Waals surface area contributed by atoms with Crippen LogP contribution >= 0.6 is 0 Å². The predicted molar refractivity (Wildman–Crippen MR) is 88.7 cm³/mol. The molecule has 126 valence electrons. The van der Waals surface area contributed by atoms with Crippen LogP contribution in [0.3, 0.4) is 0 Å². The average Bonchev–Trinajstić information content (AvgIpc) is 2.82. The highest BCUT2D eigenvalue weighted by Crippen LogP contribution is 2.30. The van der Waals surface area contributed by atoms with Crippen molar-refractivity contribution in [2.24, 2.45) is 0 Å². The lowest BCUT2D eigenvalue weighted by Gasteiger charge is -2.40. The van der Waals surface area contributed by atoms with Crippen LogP contribution in [0.4, 0.5) is 14.9 Å². The molecule has 2 saturated heterocycles. The molecular formula is C18H25FN2O2. The summed E-state index contributed by atoms with van der Waals surface area (Å²) in [6.07, 6.45) is -0.324. The molecule has 0 aromatic heterocycles. The van der Waals surface area contributed by atoms with E-state index in [9.17, 15) is 9.18 Å². The lowest BCUT2D eigenvalue weighted by molar-refractivity contribution is 0.00819. The van der Waals surface area contributed by atoms with Crippen LogP contribution in [0.2, 0.25) is 0 Å². The largest absolute Gasteiger partial charge is 0.444 e. The molecule has 3 rings (SSSR count). The molecule has 2 aliphatic rings. The van der Waals surface area contributed by atoms with Crippen molar-refractivity contribution in [1.82, 2.24) is 4.90 Å². The second-order valence-corrected chi connectivity index (χ2v) is 7.51. The number of hydrogen-bond acceptors (Lipinski definition) is 3. The number of alkyl halides is 1. The Bertz CT molecular complexity index is 561. The minimum atomic E-state index is -0.705. The van der Waals surface area contributed by atoms with E-state index in [1.807, 2.05) is 20.8 Å². The maximum absolute atomic E-state index is 13.3. The Morgan fingerprint density at radius 2 is 1.83 bits per heavy atom. The third-order valence-corrected chi connectivity index (χ3v) is 4.39. The van der Waals surface area contributed by atoms with E-state index in [1.165, 1.54) is 5.56 Å². The third kappa shape index (κ3) is 3.77. The molecule has 23 heavy (non-hydrogen) atoms. The van der Waals surface area contributed by atoms with Crippen molar-refractivity contribution in [3.05, 3.63) is 29.8 Å². The summed E-state index contributed by atoms with van der Waals surface area (Å²) < 4.78 is 18.6. The van der Waals surface area contributed by atoms with Crippen molar-refractivity contribution in [1.29, 1.82) is 0 Å². The summed E-state index contributed by atoms with van der Waals surface area (Å²) in [4.78, 5) is 15.8. The standard InChI is InChI=1S/C18H25FN2O2/c1-18(2,3)23-17(22)21-10-14(11-21)13-4-6-16(7-5-13)20-9-8-15(19)12-20/h4-7,14-15H,8-12H2,1-3H3. The number of rotatable bonds is 2. The van der Waals surface area contributed by atoms with Crippen molar-refractivity contribution < 1.29 is 13.9 Å². The first kappa shape index (κ1) is 16.1. The second-order valence-electron chi connectivity index (χ2n) is 7.51. The van der Waals surface area contributed by atoms with Crippen LogP contribution in [0.1, 0.15) is 38.7 Å². The number of carbonyl (C=O) groups excluding carboxylic acids is 1. The molecule has 1 aromatic carbocycles. The average molecular weight is 320 g/mol. The van der Waals surface area contributed by atoms with Gasteiger partial charge in [0, 0.05) is 37.8 Å². The van der Waals surface area contributed by atoms with Crippen LogP contribution in [0.15, 0.2) is 24.3 Å². The van der Waals surface area contributed by atoms with Gasteiger partial charge in [-0.2, -0.15) is 0 Å². The summed E-state index contributed by atoms with van der Waals surface area (Å²) in [5, 5.41) is 0. The van der Waals surface area contributed by atoms with Crippen molar-refractivity contribution in [3.63, 3.8) is 0 Å². The monoisotopic (exact) mass is 320 g/mol. The molecule has 0 N–H and O–H groups in total. The molecule has 1 atom stereocenters. The van der Waals surface area contributed by atoms with Crippen LogP contribution in [0, 0.1) is 0 Å². The van der Waals surface area contributed by atoms with Gasteiger partial charge in [-0.25, -0.2) is 9.18 Å². The molecule has 0 aliphatic carbocycles. The Morgan fingerprint density at radius 1 is 1.17 bits per heavy atom. The molecule has 1 unspecified atom stereocenters. The van der Waals surface area contributed by atoms with Gasteiger partial charge >= 0.3 is 6.09 Å². The van der Waals surface area contributed by atoms with E-state index < -0.39 is 11.8 Å². The summed E-state index contributed by atoms with van der Waals surface area (Å²) in [6.45, 7) is 8.31. The minimum Gasteiger partial charge on any atom is -0.444 e. The Kier molecular flexibility index (Phi) is 4.21. The number of carbonyl (C=O) groups is 1. The molecule has 2 fully saturated rings. The quantitative estimate of drug-likeness (QED) is 0.835. The number of amides is 1. The van der Waals surface area contributed by atoms with Gasteiger partial charge in [0.1, 0.15) is 11.8 Å². The highest BCUT2D eigenvalue weighted by Gasteiger charge is 2.34. The fourth-order valence-corrected chi connectivity index (χ4v) is 3.07. The van der Waals surface area contributed by atoms with Crippen LogP contribution in [0.25, 0.3) is 0 Å². The number of hydrogen-bond donors (Lipinski definition) is 0. The van der Waals surface area contributed by atoms with E-state index in [0.29, 0.717) is 32.0 Å². The number of ether oxygens (including phenoxy) is 1. The molecule has 0 bridgehead atoms. The van der Waals surface area contributed by atoms with Gasteiger partial charge in [-0.15, -0.1) is 0 Å². The summed E-state index contributed by atoms with van der Waals surface area (Å²) in [7, 11) is 0. The van der Waals surface area contributed by atoms with Crippen LogP contribution < -0.4 is 4.90 Å². The summed E-state index contributed by atoms with van der Waals surface area (Å²) >= 11 is 0. The fraction of sp³-hybridized carbons (Fsp3) is 0.611. The van der Waals surface area contributed by atoms with Gasteiger partial charge in [-0.1, -0.05) is 12.1 Å². The minimum absolute atomic E-state index is 0.239. The molecule has 1 amide bonds. The Hall–Kier alpha value is -1.78. The first-order valence-electron chi connectivity index (χ1n) is 8.29. The lowest BCUT2D eigenvalue weighted by Crippen LogP contribution is -2.50. The normalized spacial score (nSPS) is 22.2. The van der Waals surface area contributed by atoms with Gasteiger partial charge < -0.3 is 14.5 Å². The summed E-state index contributed by atoms with van der Waals surface area (Å²) in [5.41, 5.74) is 1.86. The van der Waals surface area contributed by atoms with E-state index in [0.717, 1.165) is 12.2 Å². The van der Waals surface area contributed by atoms with E-state index in [4.69, 9.17) is 4.74 Å². The van der Waals surface area contributed by atoms with Crippen LogP contribution in [-0.4, -0.2) is 48.9 Å². The molecule has 0 spiro atoms. The molecule has 1 aromatic rings. The molecule has 2 heterocycles. The predicted octanol–water partition coefficient (Wildman–Crippen LogP) is 3.57. The SMILES string of the molecule is CC(C)(C)OC(=O)N1CC(c2ccc(N3CCC(F)C3)cc2)C1. The van der Waals surface area contributed by atoms with E-state index in [1.54, 1.807) is 4.90 Å². The van der Waals surface area contributed by atoms with Crippen LogP contribution in [0.5, 0.6) is 0 Å². The van der Waals surface area contributed by atoms with Gasteiger partial charge in [-0.05, 0) is 44.9 Å². The summed E-state index contributed by atoms with van der Waals surface area (Å²) in [5.74, 6) is 0.365. The molecule has 5 heteroatoms. The van der Waals surface area contributed by atoms with Crippen LogP contribution in [-0.2, 0) is 4.74 Å². The fourth-order valence-electron chi connectivity index (χ4n) is 3.07. The third-order valence-electron chi connectivity index (χ3n) is 4.39. The number of halogens is 1. The molecule has 2 aliphatic heterocycles. The molecular weight excluding hydrogens is 295 g/mol. The first-order valence-corrected chi connectivity index (χ1v) is 8.29. The Morgan fingerprint density at radius 3 is 2.35 bits per heavy atom. The topological polar surface area (TPSA) is 32.8 Å². The van der Waals surface area contributed by atoms with E-state index in [2.05, 4.69) is 29.2 Å². The maximum atomic E-state index is 13.3. The maximum Gasteiger partial charge on any atom is 0.410 e.